The summed E-state index contributed by atoms with van der Waals surface area (Å²) in [5, 5.41) is 14.0. The topological polar surface area (TPSA) is 86.0 Å². The first-order valence-electron chi connectivity index (χ1n) is 10.4. The van der Waals surface area contributed by atoms with E-state index in [0.29, 0.717) is 25.1 Å². The fourth-order valence-corrected chi connectivity index (χ4v) is 3.69. The number of phenols is 1. The smallest absolute Gasteiger partial charge is 0.336 e. The van der Waals surface area contributed by atoms with E-state index in [9.17, 15) is 14.7 Å². The Morgan fingerprint density at radius 1 is 1.14 bits per heavy atom. The molecule has 1 aliphatic rings. The monoisotopic (exact) mass is 401 g/mol. The van der Waals surface area contributed by atoms with Crippen LogP contribution >= 0.6 is 0 Å². The third-order valence-electron chi connectivity index (χ3n) is 5.66. The number of rotatable bonds is 7. The van der Waals surface area contributed by atoms with Gasteiger partial charge in [-0.25, -0.2) is 4.79 Å². The number of aromatic hydroxyl groups is 1. The third kappa shape index (κ3) is 5.36. The van der Waals surface area contributed by atoms with Gasteiger partial charge in [-0.05, 0) is 37.0 Å². The number of hydrogen-bond donors (Lipinski definition) is 2. The van der Waals surface area contributed by atoms with Gasteiger partial charge in [-0.2, -0.15) is 0 Å². The van der Waals surface area contributed by atoms with Crippen molar-refractivity contribution < 1.29 is 14.3 Å². The van der Waals surface area contributed by atoms with E-state index in [1.54, 1.807) is 6.07 Å². The van der Waals surface area contributed by atoms with E-state index in [0.717, 1.165) is 49.1 Å². The minimum Gasteiger partial charge on any atom is -0.508 e. The fourth-order valence-electron chi connectivity index (χ4n) is 3.69. The van der Waals surface area contributed by atoms with E-state index in [1.165, 1.54) is 6.07 Å². The minimum absolute atomic E-state index is 0.0753. The van der Waals surface area contributed by atoms with Crippen LogP contribution in [0.5, 0.6) is 5.75 Å². The number of carbonyl (C=O) groups excluding carboxylic acids is 1. The second kappa shape index (κ2) is 9.41. The molecular weight excluding hydrogens is 370 g/mol. The summed E-state index contributed by atoms with van der Waals surface area (Å²) in [6, 6.07) is 5.20. The Morgan fingerprint density at radius 2 is 1.83 bits per heavy atom. The van der Waals surface area contributed by atoms with Crippen molar-refractivity contribution in [2.24, 2.45) is 0 Å². The van der Waals surface area contributed by atoms with Gasteiger partial charge in [-0.3, -0.25) is 14.6 Å². The van der Waals surface area contributed by atoms with Crippen molar-refractivity contribution in [2.75, 3.05) is 32.7 Å². The molecule has 1 unspecified atom stereocenters. The van der Waals surface area contributed by atoms with Crippen molar-refractivity contribution in [3.8, 4) is 5.75 Å². The molecular formula is C22H31N3O4. The van der Waals surface area contributed by atoms with E-state index in [1.807, 2.05) is 19.9 Å². The number of nitrogens with zero attached hydrogens (tertiary/aromatic N) is 2. The molecule has 0 spiro atoms. The predicted octanol–water partition coefficient (Wildman–Crippen LogP) is 2.09. The van der Waals surface area contributed by atoms with Gasteiger partial charge in [0.1, 0.15) is 11.3 Å². The maximum atomic E-state index is 12.1. The highest BCUT2D eigenvalue weighted by Gasteiger charge is 2.21. The summed E-state index contributed by atoms with van der Waals surface area (Å²) in [4.78, 5) is 28.5. The van der Waals surface area contributed by atoms with Crippen LogP contribution in [0.2, 0.25) is 0 Å². The molecule has 0 radical (unpaired) electrons. The van der Waals surface area contributed by atoms with E-state index >= 15 is 0 Å². The number of phenolic OH excluding ortho intramolecular Hbond substituents is 1. The molecule has 0 bridgehead atoms. The first-order chi connectivity index (χ1) is 13.9. The Kier molecular flexibility index (Phi) is 6.92. The molecule has 29 heavy (non-hydrogen) atoms. The average Bonchev–Trinajstić information content (AvgIpc) is 2.68. The molecule has 1 fully saturated rings. The molecule has 2 heterocycles. The summed E-state index contributed by atoms with van der Waals surface area (Å²) in [7, 11) is 0. The van der Waals surface area contributed by atoms with Gasteiger partial charge in [0.15, 0.2) is 0 Å². The van der Waals surface area contributed by atoms with Gasteiger partial charge in [-0.1, -0.05) is 13.8 Å². The zero-order valence-corrected chi connectivity index (χ0v) is 17.5. The molecule has 1 saturated heterocycles. The van der Waals surface area contributed by atoms with Crippen LogP contribution in [0.3, 0.4) is 0 Å². The highest BCUT2D eigenvalue weighted by atomic mass is 16.4. The highest BCUT2D eigenvalue weighted by molar-refractivity contribution is 5.82. The van der Waals surface area contributed by atoms with Gasteiger partial charge in [0.2, 0.25) is 5.91 Å². The van der Waals surface area contributed by atoms with E-state index < -0.39 is 5.63 Å². The van der Waals surface area contributed by atoms with Crippen LogP contribution in [0.1, 0.15) is 38.3 Å². The van der Waals surface area contributed by atoms with Gasteiger partial charge < -0.3 is 14.8 Å². The molecule has 1 aromatic heterocycles. The standard InChI is InChI=1S/C22H31N3O4/c1-4-15(3)23-21(27)14-25-8-6-24(7-9-25)13-17-11-22(28)29-20-12-19(26)16(5-2)10-18(17)20/h10-12,15,26H,4-9,13-14H2,1-3H3,(H,23,27). The lowest BCUT2D eigenvalue weighted by molar-refractivity contribution is -0.123. The van der Waals surface area contributed by atoms with E-state index in [4.69, 9.17) is 4.42 Å². The SMILES string of the molecule is CCc1cc2c(CN3CCN(CC(=O)NC(C)CC)CC3)cc(=O)oc2cc1O. The Morgan fingerprint density at radius 3 is 2.48 bits per heavy atom. The van der Waals surface area contributed by atoms with Gasteiger partial charge in [-0.15, -0.1) is 0 Å². The van der Waals surface area contributed by atoms with Gasteiger partial charge in [0, 0.05) is 56.3 Å². The van der Waals surface area contributed by atoms with Crippen molar-refractivity contribution in [1.29, 1.82) is 0 Å². The Bertz CT molecular complexity index is 916. The summed E-state index contributed by atoms with van der Waals surface area (Å²) in [5.41, 5.74) is 1.76. The summed E-state index contributed by atoms with van der Waals surface area (Å²) in [6.45, 7) is 10.4. The van der Waals surface area contributed by atoms with Gasteiger partial charge in [0.25, 0.3) is 0 Å². The van der Waals surface area contributed by atoms with E-state index in [2.05, 4.69) is 22.0 Å². The second-order valence-corrected chi connectivity index (χ2v) is 7.85. The quantitative estimate of drug-likeness (QED) is 0.691. The molecule has 7 nitrogen and oxygen atoms in total. The fraction of sp³-hybridized carbons (Fsp3) is 0.545. The van der Waals surface area contributed by atoms with Crippen LogP contribution in [0.15, 0.2) is 27.4 Å². The molecule has 0 saturated carbocycles. The van der Waals surface area contributed by atoms with Crippen LogP contribution in [-0.2, 0) is 17.8 Å². The lowest BCUT2D eigenvalue weighted by atomic mass is 10.0. The van der Waals surface area contributed by atoms with Crippen molar-refractivity contribution >= 4 is 16.9 Å². The number of aryl methyl sites for hydroxylation is 1. The number of amides is 1. The van der Waals surface area contributed by atoms with Gasteiger partial charge in [0.05, 0.1) is 6.54 Å². The number of carbonyl (C=O) groups is 1. The van der Waals surface area contributed by atoms with Gasteiger partial charge >= 0.3 is 5.63 Å². The van der Waals surface area contributed by atoms with Crippen LogP contribution in [0, 0.1) is 0 Å². The predicted molar refractivity (Wildman–Crippen MR) is 113 cm³/mol. The zero-order valence-electron chi connectivity index (χ0n) is 17.5. The molecule has 1 aliphatic heterocycles. The molecule has 2 aromatic rings. The number of hydrogen-bond acceptors (Lipinski definition) is 6. The molecule has 2 N–H and O–H groups in total. The first-order valence-corrected chi connectivity index (χ1v) is 10.4. The maximum absolute atomic E-state index is 12.1. The summed E-state index contributed by atoms with van der Waals surface area (Å²) >= 11 is 0. The van der Waals surface area contributed by atoms with Crippen LogP contribution < -0.4 is 10.9 Å². The Labute approximate surface area is 171 Å². The maximum Gasteiger partial charge on any atom is 0.336 e. The van der Waals surface area contributed by atoms with Crippen molar-refractivity contribution in [3.05, 3.63) is 39.7 Å². The number of benzene rings is 1. The van der Waals surface area contributed by atoms with Crippen molar-refractivity contribution in [1.82, 2.24) is 15.1 Å². The summed E-state index contributed by atoms with van der Waals surface area (Å²) in [6.07, 6.45) is 1.63. The number of nitrogens with one attached hydrogen (secondary N) is 1. The average molecular weight is 402 g/mol. The third-order valence-corrected chi connectivity index (χ3v) is 5.66. The van der Waals surface area contributed by atoms with Crippen molar-refractivity contribution in [2.45, 2.75) is 46.2 Å². The molecule has 3 rings (SSSR count). The van der Waals surface area contributed by atoms with Crippen LogP contribution in [0.4, 0.5) is 0 Å². The molecule has 1 atom stereocenters. The number of fused-ring (bicyclic) bond motifs is 1. The lowest BCUT2D eigenvalue weighted by Crippen LogP contribution is -2.49. The molecule has 7 heteroatoms. The highest BCUT2D eigenvalue weighted by Crippen LogP contribution is 2.27. The lowest BCUT2D eigenvalue weighted by Gasteiger charge is -2.34. The minimum atomic E-state index is -0.406. The molecule has 1 aromatic carbocycles. The summed E-state index contributed by atoms with van der Waals surface area (Å²) < 4.78 is 5.29. The largest absolute Gasteiger partial charge is 0.508 e. The second-order valence-electron chi connectivity index (χ2n) is 7.85. The van der Waals surface area contributed by atoms with E-state index in [-0.39, 0.29) is 17.7 Å². The zero-order chi connectivity index (χ0) is 21.0. The van der Waals surface area contributed by atoms with Crippen LogP contribution in [-0.4, -0.2) is 59.6 Å². The van der Waals surface area contributed by atoms with Crippen molar-refractivity contribution in [3.63, 3.8) is 0 Å². The number of piperazine rings is 1. The molecule has 0 aliphatic carbocycles. The molecule has 1 amide bonds. The molecule has 158 valence electrons. The first kappa shape index (κ1) is 21.3. The Balaban J connectivity index is 1.65. The summed E-state index contributed by atoms with van der Waals surface area (Å²) in [5.74, 6) is 0.232. The normalized spacial score (nSPS) is 16.8. The Hall–Kier alpha value is -2.38. The van der Waals surface area contributed by atoms with Crippen LogP contribution in [0.25, 0.3) is 11.0 Å².